The summed E-state index contributed by atoms with van der Waals surface area (Å²) < 4.78 is 14.9. The van der Waals surface area contributed by atoms with E-state index in [1.807, 2.05) is 6.07 Å². The third kappa shape index (κ3) is 3.85. The fourth-order valence-corrected chi connectivity index (χ4v) is 5.52. The van der Waals surface area contributed by atoms with Gasteiger partial charge in [0.05, 0.1) is 0 Å². The Bertz CT molecular complexity index is 470. The molecule has 2 rings (SSSR count). The Labute approximate surface area is 138 Å². The number of alkyl halides is 1. The molecule has 0 spiro atoms. The molecule has 0 bridgehead atoms. The molecule has 0 radical (unpaired) electrons. The molecule has 1 aromatic carbocycles. The maximum Gasteiger partial charge on any atom is 0.126 e. The maximum absolute atomic E-state index is 14.0. The minimum Gasteiger partial charge on any atom is -0.207 e. The largest absolute Gasteiger partial charge is 0.207 e. The van der Waals surface area contributed by atoms with Gasteiger partial charge in [0, 0.05) is 9.30 Å². The van der Waals surface area contributed by atoms with Crippen LogP contribution in [0.1, 0.15) is 45.6 Å². The Morgan fingerprint density at radius 2 is 2.00 bits per heavy atom. The molecule has 0 amide bonds. The van der Waals surface area contributed by atoms with Gasteiger partial charge in [0.1, 0.15) is 5.82 Å². The summed E-state index contributed by atoms with van der Waals surface area (Å²) in [7, 11) is 0. The Kier molecular flexibility index (Phi) is 5.34. The Balaban J connectivity index is 2.16. The van der Waals surface area contributed by atoms with E-state index in [1.165, 1.54) is 19.3 Å². The van der Waals surface area contributed by atoms with Gasteiger partial charge < -0.3 is 0 Å². The van der Waals surface area contributed by atoms with Gasteiger partial charge in [-0.05, 0) is 60.3 Å². The second-order valence-corrected chi connectivity index (χ2v) is 9.03. The SMILES string of the molecule is CC1CCC(C(C)(C)Cc2cc(Br)ccc2F)C(Br)C1. The van der Waals surface area contributed by atoms with E-state index in [0.29, 0.717) is 10.7 Å². The lowest BCUT2D eigenvalue weighted by Crippen LogP contribution is -2.37. The number of hydrogen-bond acceptors (Lipinski definition) is 0. The molecule has 0 aliphatic heterocycles. The molecule has 3 atom stereocenters. The Morgan fingerprint density at radius 3 is 2.65 bits per heavy atom. The first-order chi connectivity index (χ1) is 9.29. The Morgan fingerprint density at radius 1 is 1.30 bits per heavy atom. The summed E-state index contributed by atoms with van der Waals surface area (Å²) in [4.78, 5) is 0.552. The van der Waals surface area contributed by atoms with Crippen molar-refractivity contribution in [2.45, 2.75) is 51.3 Å². The fraction of sp³-hybridized carbons (Fsp3) is 0.647. The third-order valence-electron chi connectivity index (χ3n) is 4.69. The third-order valence-corrected chi connectivity index (χ3v) is 6.20. The molecule has 20 heavy (non-hydrogen) atoms. The smallest absolute Gasteiger partial charge is 0.126 e. The summed E-state index contributed by atoms with van der Waals surface area (Å²) in [5.41, 5.74) is 0.929. The van der Waals surface area contributed by atoms with Crippen LogP contribution in [0.25, 0.3) is 0 Å². The van der Waals surface area contributed by atoms with E-state index in [2.05, 4.69) is 52.6 Å². The van der Waals surface area contributed by atoms with Gasteiger partial charge in [-0.25, -0.2) is 4.39 Å². The number of halogens is 3. The van der Waals surface area contributed by atoms with Gasteiger partial charge in [-0.1, -0.05) is 59.1 Å². The van der Waals surface area contributed by atoms with Crippen LogP contribution in [0, 0.1) is 23.1 Å². The van der Waals surface area contributed by atoms with E-state index in [0.717, 1.165) is 22.4 Å². The second-order valence-electron chi connectivity index (χ2n) is 6.94. The molecule has 0 heterocycles. The van der Waals surface area contributed by atoms with Crippen LogP contribution in [0.4, 0.5) is 4.39 Å². The van der Waals surface area contributed by atoms with E-state index >= 15 is 0 Å². The highest BCUT2D eigenvalue weighted by Crippen LogP contribution is 2.45. The topological polar surface area (TPSA) is 0 Å². The zero-order valence-electron chi connectivity index (χ0n) is 12.4. The lowest BCUT2D eigenvalue weighted by molar-refractivity contribution is 0.146. The van der Waals surface area contributed by atoms with E-state index in [9.17, 15) is 4.39 Å². The molecule has 1 aliphatic carbocycles. The van der Waals surface area contributed by atoms with Crippen LogP contribution in [-0.2, 0) is 6.42 Å². The summed E-state index contributed by atoms with van der Waals surface area (Å²) in [5, 5.41) is 0. The molecular formula is C17H23Br2F. The van der Waals surface area contributed by atoms with Crippen LogP contribution in [0.5, 0.6) is 0 Å². The monoisotopic (exact) mass is 404 g/mol. The van der Waals surface area contributed by atoms with Crippen molar-refractivity contribution in [3.8, 4) is 0 Å². The van der Waals surface area contributed by atoms with Crippen molar-refractivity contribution in [1.29, 1.82) is 0 Å². The summed E-state index contributed by atoms with van der Waals surface area (Å²) in [6, 6.07) is 5.25. The van der Waals surface area contributed by atoms with E-state index in [-0.39, 0.29) is 11.2 Å². The van der Waals surface area contributed by atoms with Gasteiger partial charge in [-0.3, -0.25) is 0 Å². The standard InChI is InChI=1S/C17H23Br2F/c1-11-4-6-14(15(19)8-11)17(2,3)10-12-9-13(18)5-7-16(12)20/h5,7,9,11,14-15H,4,6,8,10H2,1-3H3. The molecule has 1 saturated carbocycles. The van der Waals surface area contributed by atoms with Gasteiger partial charge in [0.15, 0.2) is 0 Å². The minimum atomic E-state index is -0.0865. The lowest BCUT2D eigenvalue weighted by atomic mass is 9.66. The Hall–Kier alpha value is 0.110. The van der Waals surface area contributed by atoms with Gasteiger partial charge in [-0.2, -0.15) is 0 Å². The van der Waals surface area contributed by atoms with E-state index < -0.39 is 0 Å². The van der Waals surface area contributed by atoms with Crippen LogP contribution in [-0.4, -0.2) is 4.83 Å². The number of hydrogen-bond donors (Lipinski definition) is 0. The van der Waals surface area contributed by atoms with Gasteiger partial charge in [0.2, 0.25) is 0 Å². The van der Waals surface area contributed by atoms with Crippen molar-refractivity contribution in [2.24, 2.45) is 17.3 Å². The van der Waals surface area contributed by atoms with Crippen LogP contribution < -0.4 is 0 Å². The van der Waals surface area contributed by atoms with Gasteiger partial charge in [0.25, 0.3) is 0 Å². The van der Waals surface area contributed by atoms with Crippen molar-refractivity contribution in [3.05, 3.63) is 34.1 Å². The highest BCUT2D eigenvalue weighted by atomic mass is 79.9. The van der Waals surface area contributed by atoms with Gasteiger partial charge in [-0.15, -0.1) is 0 Å². The normalized spacial score (nSPS) is 27.6. The summed E-state index contributed by atoms with van der Waals surface area (Å²) in [6.45, 7) is 6.88. The summed E-state index contributed by atoms with van der Waals surface area (Å²) in [6.07, 6.45) is 4.55. The number of rotatable bonds is 3. The predicted octanol–water partition coefficient (Wildman–Crippen LogP) is 6.36. The first-order valence-electron chi connectivity index (χ1n) is 7.37. The van der Waals surface area contributed by atoms with Crippen molar-refractivity contribution in [1.82, 2.24) is 0 Å². The predicted molar refractivity (Wildman–Crippen MR) is 90.8 cm³/mol. The molecule has 1 aliphatic rings. The van der Waals surface area contributed by atoms with Crippen molar-refractivity contribution >= 4 is 31.9 Å². The lowest BCUT2D eigenvalue weighted by Gasteiger charge is -2.42. The molecular weight excluding hydrogens is 383 g/mol. The zero-order chi connectivity index (χ0) is 14.9. The fourth-order valence-electron chi connectivity index (χ4n) is 3.49. The first-order valence-corrected chi connectivity index (χ1v) is 9.08. The van der Waals surface area contributed by atoms with Crippen LogP contribution in [0.3, 0.4) is 0 Å². The molecule has 112 valence electrons. The summed E-state index contributed by atoms with van der Waals surface area (Å²) in [5.74, 6) is 1.32. The highest BCUT2D eigenvalue weighted by Gasteiger charge is 2.38. The maximum atomic E-state index is 14.0. The molecule has 0 aromatic heterocycles. The average Bonchev–Trinajstić information content (AvgIpc) is 2.33. The minimum absolute atomic E-state index is 0.0865. The second kappa shape index (κ2) is 6.48. The quantitative estimate of drug-likeness (QED) is 0.513. The van der Waals surface area contributed by atoms with Crippen molar-refractivity contribution in [2.75, 3.05) is 0 Å². The zero-order valence-corrected chi connectivity index (χ0v) is 15.6. The van der Waals surface area contributed by atoms with Crippen LogP contribution in [0.15, 0.2) is 22.7 Å². The molecule has 1 aromatic rings. The van der Waals surface area contributed by atoms with Crippen molar-refractivity contribution in [3.63, 3.8) is 0 Å². The van der Waals surface area contributed by atoms with Gasteiger partial charge >= 0.3 is 0 Å². The molecule has 3 unspecified atom stereocenters. The van der Waals surface area contributed by atoms with E-state index in [1.54, 1.807) is 12.1 Å². The highest BCUT2D eigenvalue weighted by molar-refractivity contribution is 9.10. The summed E-state index contributed by atoms with van der Waals surface area (Å²) >= 11 is 7.32. The average molecular weight is 406 g/mol. The number of benzene rings is 1. The first kappa shape index (κ1) is 16.5. The van der Waals surface area contributed by atoms with Crippen molar-refractivity contribution < 1.29 is 4.39 Å². The molecule has 1 fully saturated rings. The molecule has 0 N–H and O–H groups in total. The molecule has 3 heteroatoms. The molecule has 0 nitrogen and oxygen atoms in total. The van der Waals surface area contributed by atoms with Crippen LogP contribution >= 0.6 is 31.9 Å². The van der Waals surface area contributed by atoms with Crippen LogP contribution in [0.2, 0.25) is 0 Å². The van der Waals surface area contributed by atoms with E-state index in [4.69, 9.17) is 0 Å². The molecule has 0 saturated heterocycles.